The van der Waals surface area contributed by atoms with E-state index in [1.54, 1.807) is 0 Å². The number of fused-ring (bicyclic) bond motifs is 1. The molecule has 1 saturated carbocycles. The van der Waals surface area contributed by atoms with Gasteiger partial charge < -0.3 is 9.32 Å². The second-order valence-corrected chi connectivity index (χ2v) is 8.31. The van der Waals surface area contributed by atoms with Gasteiger partial charge in [0.15, 0.2) is 11.5 Å². The van der Waals surface area contributed by atoms with Crippen molar-refractivity contribution in [2.75, 3.05) is 13.1 Å². The summed E-state index contributed by atoms with van der Waals surface area (Å²) in [6.07, 6.45) is 2.43. The van der Waals surface area contributed by atoms with Crippen LogP contribution in [0.15, 0.2) is 28.7 Å². The van der Waals surface area contributed by atoms with Gasteiger partial charge in [-0.25, -0.2) is 4.98 Å². The minimum Gasteiger partial charge on any atom is -0.440 e. The molecule has 0 bridgehead atoms. The van der Waals surface area contributed by atoms with Crippen molar-refractivity contribution >= 4 is 40.2 Å². The third kappa shape index (κ3) is 2.43. The fourth-order valence-electron chi connectivity index (χ4n) is 3.41. The van der Waals surface area contributed by atoms with Crippen LogP contribution < -0.4 is 0 Å². The Kier molecular flexibility index (Phi) is 3.40. The van der Waals surface area contributed by atoms with Crippen LogP contribution in [0.3, 0.4) is 0 Å². The first-order chi connectivity index (χ1) is 10.9. The number of para-hydroxylation sites is 2. The number of carbonyl (C=O) groups is 1. The number of oxazole rings is 1. The normalized spacial score (nSPS) is 29.7. The molecule has 122 valence electrons. The van der Waals surface area contributed by atoms with Crippen molar-refractivity contribution in [1.82, 2.24) is 9.88 Å². The minimum absolute atomic E-state index is 0.0447. The van der Waals surface area contributed by atoms with Crippen LogP contribution in [0.5, 0.6) is 0 Å². The molecule has 4 nitrogen and oxygen atoms in total. The van der Waals surface area contributed by atoms with Gasteiger partial charge in [0.1, 0.15) is 9.85 Å². The molecular weight excluding hydrogens is 335 g/mol. The van der Waals surface area contributed by atoms with Crippen molar-refractivity contribution < 1.29 is 9.21 Å². The highest BCUT2D eigenvalue weighted by Gasteiger charge is 2.68. The van der Waals surface area contributed by atoms with Gasteiger partial charge in [-0.3, -0.25) is 4.79 Å². The Hall–Kier alpha value is -1.26. The maximum Gasteiger partial charge on any atom is 0.231 e. The molecule has 0 spiro atoms. The van der Waals surface area contributed by atoms with Gasteiger partial charge in [0, 0.05) is 13.1 Å². The standard InChI is InChI=1S/C17H18Cl2N2O2/c1-16(10-17(16,18)19)15(22)21-8-4-5-11(9-21)14-20-12-6-2-3-7-13(12)23-14/h2-3,6-7,11H,4-5,8-10H2,1H3/t11-,16+/m1/s1. The minimum atomic E-state index is -0.922. The Labute approximate surface area is 144 Å². The summed E-state index contributed by atoms with van der Waals surface area (Å²) < 4.78 is 4.95. The van der Waals surface area contributed by atoms with Gasteiger partial charge in [-0.15, -0.1) is 23.2 Å². The summed E-state index contributed by atoms with van der Waals surface area (Å²) in [5.74, 6) is 0.887. The lowest BCUT2D eigenvalue weighted by atomic mass is 9.96. The van der Waals surface area contributed by atoms with Crippen molar-refractivity contribution in [2.45, 2.75) is 36.4 Å². The third-order valence-electron chi connectivity index (χ3n) is 5.10. The van der Waals surface area contributed by atoms with Crippen molar-refractivity contribution in [2.24, 2.45) is 5.41 Å². The molecule has 2 fully saturated rings. The largest absolute Gasteiger partial charge is 0.440 e. The van der Waals surface area contributed by atoms with Gasteiger partial charge >= 0.3 is 0 Å². The SMILES string of the molecule is C[C@@]1(C(=O)N2CCC[C@@H](c3nc4ccccc4o3)C2)CC1(Cl)Cl. The molecule has 4 rings (SSSR count). The molecule has 2 atom stereocenters. The quantitative estimate of drug-likeness (QED) is 0.763. The number of likely N-dealkylation sites (tertiary alicyclic amines) is 1. The predicted molar refractivity (Wildman–Crippen MR) is 89.7 cm³/mol. The highest BCUT2D eigenvalue weighted by atomic mass is 35.5. The summed E-state index contributed by atoms with van der Waals surface area (Å²) in [4.78, 5) is 19.2. The van der Waals surface area contributed by atoms with E-state index in [4.69, 9.17) is 27.6 Å². The van der Waals surface area contributed by atoms with E-state index < -0.39 is 9.75 Å². The Morgan fingerprint density at radius 2 is 2.13 bits per heavy atom. The highest BCUT2D eigenvalue weighted by Crippen LogP contribution is 2.64. The molecular formula is C17H18Cl2N2O2. The van der Waals surface area contributed by atoms with Crippen LogP contribution in [-0.4, -0.2) is 33.2 Å². The molecule has 2 aromatic rings. The molecule has 6 heteroatoms. The van der Waals surface area contributed by atoms with E-state index >= 15 is 0 Å². The Morgan fingerprint density at radius 3 is 2.83 bits per heavy atom. The molecule has 2 heterocycles. The average molecular weight is 353 g/mol. The number of hydrogen-bond acceptors (Lipinski definition) is 3. The molecule has 1 aromatic carbocycles. The molecule has 1 aliphatic carbocycles. The van der Waals surface area contributed by atoms with Gasteiger partial charge in [0.05, 0.1) is 11.3 Å². The van der Waals surface area contributed by atoms with Gasteiger partial charge in [0.2, 0.25) is 5.91 Å². The first kappa shape index (κ1) is 15.3. The fraction of sp³-hybridized carbons (Fsp3) is 0.529. The van der Waals surface area contributed by atoms with E-state index in [9.17, 15) is 4.79 Å². The number of nitrogens with zero attached hydrogens (tertiary/aromatic N) is 2. The molecule has 2 aliphatic rings. The lowest BCUT2D eigenvalue weighted by Gasteiger charge is -2.33. The highest BCUT2D eigenvalue weighted by molar-refractivity contribution is 6.53. The van der Waals surface area contributed by atoms with Crippen LogP contribution in [-0.2, 0) is 4.79 Å². The summed E-state index contributed by atoms with van der Waals surface area (Å²) in [7, 11) is 0. The number of rotatable bonds is 2. The van der Waals surface area contributed by atoms with Crippen LogP contribution in [0.1, 0.15) is 38.0 Å². The summed E-state index contributed by atoms with van der Waals surface area (Å²) in [5, 5.41) is 0. The molecule has 1 amide bonds. The zero-order valence-corrected chi connectivity index (χ0v) is 14.4. The van der Waals surface area contributed by atoms with Crippen LogP contribution in [0.25, 0.3) is 11.1 Å². The first-order valence-electron chi connectivity index (χ1n) is 7.93. The molecule has 1 saturated heterocycles. The van der Waals surface area contributed by atoms with Crippen molar-refractivity contribution in [3.63, 3.8) is 0 Å². The second-order valence-electron chi connectivity index (χ2n) is 6.82. The third-order valence-corrected chi connectivity index (χ3v) is 6.20. The molecule has 0 N–H and O–H groups in total. The zero-order chi connectivity index (χ0) is 16.2. The number of benzene rings is 1. The van der Waals surface area contributed by atoms with E-state index in [2.05, 4.69) is 4.98 Å². The Morgan fingerprint density at radius 1 is 1.39 bits per heavy atom. The summed E-state index contributed by atoms with van der Waals surface area (Å²) >= 11 is 12.3. The van der Waals surface area contributed by atoms with Crippen LogP contribution in [0.4, 0.5) is 0 Å². The van der Waals surface area contributed by atoms with Crippen LogP contribution >= 0.6 is 23.2 Å². The summed E-state index contributed by atoms with van der Waals surface area (Å²) in [6.45, 7) is 3.21. The Bertz CT molecular complexity index is 740. The summed E-state index contributed by atoms with van der Waals surface area (Å²) in [5.41, 5.74) is 1.00. The average Bonchev–Trinajstić information content (AvgIpc) is 2.89. The molecule has 0 unspecified atom stereocenters. The molecule has 1 aliphatic heterocycles. The maximum absolute atomic E-state index is 12.8. The van der Waals surface area contributed by atoms with E-state index in [1.807, 2.05) is 36.1 Å². The van der Waals surface area contributed by atoms with Gasteiger partial charge in [-0.05, 0) is 38.3 Å². The second kappa shape index (κ2) is 5.12. The number of halogens is 2. The van der Waals surface area contributed by atoms with Crippen LogP contribution in [0.2, 0.25) is 0 Å². The van der Waals surface area contributed by atoms with Gasteiger partial charge in [-0.2, -0.15) is 0 Å². The molecule has 1 aromatic heterocycles. The number of hydrogen-bond donors (Lipinski definition) is 0. The summed E-state index contributed by atoms with van der Waals surface area (Å²) in [6, 6.07) is 7.73. The maximum atomic E-state index is 12.8. The van der Waals surface area contributed by atoms with Gasteiger partial charge in [-0.1, -0.05) is 12.1 Å². The monoisotopic (exact) mass is 352 g/mol. The van der Waals surface area contributed by atoms with E-state index in [-0.39, 0.29) is 11.8 Å². The molecule has 23 heavy (non-hydrogen) atoms. The number of piperidine rings is 1. The number of aromatic nitrogens is 1. The number of alkyl halides is 2. The smallest absolute Gasteiger partial charge is 0.231 e. The van der Waals surface area contributed by atoms with Crippen molar-refractivity contribution in [1.29, 1.82) is 0 Å². The van der Waals surface area contributed by atoms with E-state index in [0.29, 0.717) is 18.9 Å². The molecule has 0 radical (unpaired) electrons. The predicted octanol–water partition coefficient (Wildman–Crippen LogP) is 4.12. The zero-order valence-electron chi connectivity index (χ0n) is 12.9. The van der Waals surface area contributed by atoms with Crippen LogP contribution in [0, 0.1) is 5.41 Å². The lowest BCUT2D eigenvalue weighted by Crippen LogP contribution is -2.43. The van der Waals surface area contributed by atoms with Gasteiger partial charge in [0.25, 0.3) is 0 Å². The first-order valence-corrected chi connectivity index (χ1v) is 8.69. The van der Waals surface area contributed by atoms with Crippen molar-refractivity contribution in [3.8, 4) is 0 Å². The number of carbonyl (C=O) groups excluding carboxylic acids is 1. The van der Waals surface area contributed by atoms with E-state index in [0.717, 1.165) is 30.5 Å². The fourth-order valence-corrected chi connectivity index (χ4v) is 4.10. The Balaban J connectivity index is 1.54. The topological polar surface area (TPSA) is 46.3 Å². The lowest BCUT2D eigenvalue weighted by molar-refractivity contribution is -0.137. The number of amides is 1. The van der Waals surface area contributed by atoms with E-state index in [1.165, 1.54) is 0 Å². The van der Waals surface area contributed by atoms with Crippen molar-refractivity contribution in [3.05, 3.63) is 30.2 Å².